The second kappa shape index (κ2) is 7.00. The minimum absolute atomic E-state index is 0.0320. The number of rotatable bonds is 6. The van der Waals surface area contributed by atoms with Crippen molar-refractivity contribution in [3.8, 4) is 0 Å². The molecule has 7 heteroatoms. The van der Waals surface area contributed by atoms with Crippen LogP contribution in [-0.2, 0) is 14.3 Å². The molecule has 126 valence electrons. The van der Waals surface area contributed by atoms with Gasteiger partial charge in [0.05, 0.1) is 6.54 Å². The first-order valence-corrected chi connectivity index (χ1v) is 8.53. The highest BCUT2D eigenvalue weighted by Gasteiger charge is 2.24. The Kier molecular flexibility index (Phi) is 4.80. The van der Waals surface area contributed by atoms with Gasteiger partial charge in [-0.2, -0.15) is 0 Å². The maximum absolute atomic E-state index is 12.1. The molecule has 1 fully saturated rings. The lowest BCUT2D eigenvalue weighted by atomic mass is 10.2. The Morgan fingerprint density at radius 2 is 2.04 bits per heavy atom. The van der Waals surface area contributed by atoms with E-state index in [9.17, 15) is 14.4 Å². The number of ether oxygens (including phenoxy) is 1. The summed E-state index contributed by atoms with van der Waals surface area (Å²) in [6.07, 6.45) is 1.99. The molecule has 2 amide bonds. The van der Waals surface area contributed by atoms with E-state index in [1.807, 2.05) is 24.3 Å². The molecule has 1 saturated carbocycles. The van der Waals surface area contributed by atoms with Crippen molar-refractivity contribution >= 4 is 39.2 Å². The lowest BCUT2D eigenvalue weighted by molar-refractivity contribution is -0.137. The van der Waals surface area contributed by atoms with Gasteiger partial charge in [0, 0.05) is 17.8 Å². The second-order valence-electron chi connectivity index (χ2n) is 5.82. The first-order valence-electron chi connectivity index (χ1n) is 7.72. The number of hydrogen-bond acceptors (Lipinski definition) is 5. The van der Waals surface area contributed by atoms with Crippen LogP contribution in [0.2, 0.25) is 0 Å². The molecule has 0 saturated heterocycles. The minimum atomic E-state index is -0.527. The number of carbonyl (C=O) groups excluding carboxylic acids is 3. The van der Waals surface area contributed by atoms with Gasteiger partial charge in [-0.25, -0.2) is 4.79 Å². The SMILES string of the molecule is CN(CC(=O)NC1CC1)C(=O)COC(=O)c1cc2ccccc2s1. The molecule has 1 N–H and O–H groups in total. The molecule has 0 radical (unpaired) electrons. The van der Waals surface area contributed by atoms with Gasteiger partial charge in [0.15, 0.2) is 6.61 Å². The monoisotopic (exact) mass is 346 g/mol. The molecule has 1 aromatic carbocycles. The van der Waals surface area contributed by atoms with E-state index >= 15 is 0 Å². The molecular weight excluding hydrogens is 328 g/mol. The summed E-state index contributed by atoms with van der Waals surface area (Å²) in [5.41, 5.74) is 0. The maximum atomic E-state index is 12.1. The summed E-state index contributed by atoms with van der Waals surface area (Å²) in [7, 11) is 1.52. The van der Waals surface area contributed by atoms with Crippen molar-refractivity contribution in [2.24, 2.45) is 0 Å². The summed E-state index contributed by atoms with van der Waals surface area (Å²) in [5.74, 6) is -1.13. The van der Waals surface area contributed by atoms with Gasteiger partial charge < -0.3 is 15.0 Å². The summed E-state index contributed by atoms with van der Waals surface area (Å²) < 4.78 is 6.05. The molecule has 6 nitrogen and oxygen atoms in total. The van der Waals surface area contributed by atoms with Crippen LogP contribution in [0.3, 0.4) is 0 Å². The smallest absolute Gasteiger partial charge is 0.348 e. The standard InChI is InChI=1S/C17H18N2O4S/c1-19(9-15(20)18-12-6-7-12)16(21)10-23-17(22)14-8-11-4-2-3-5-13(11)24-14/h2-5,8,12H,6-7,9-10H2,1H3,(H,18,20). The van der Waals surface area contributed by atoms with Crippen LogP contribution >= 0.6 is 11.3 Å². The number of likely N-dealkylation sites (N-methyl/N-ethyl adjacent to an activating group) is 1. The highest BCUT2D eigenvalue weighted by molar-refractivity contribution is 7.20. The predicted molar refractivity (Wildman–Crippen MR) is 90.9 cm³/mol. The van der Waals surface area contributed by atoms with Gasteiger partial charge in [-0.15, -0.1) is 11.3 Å². The fraction of sp³-hybridized carbons (Fsp3) is 0.353. The van der Waals surface area contributed by atoms with Crippen LogP contribution in [0.25, 0.3) is 10.1 Å². The average Bonchev–Trinajstić information content (AvgIpc) is 3.26. The summed E-state index contributed by atoms with van der Waals surface area (Å²) in [6.45, 7) is -0.407. The van der Waals surface area contributed by atoms with Crippen molar-refractivity contribution in [2.75, 3.05) is 20.2 Å². The molecule has 0 unspecified atom stereocenters. The Balaban J connectivity index is 1.49. The van der Waals surface area contributed by atoms with Crippen LogP contribution in [-0.4, -0.2) is 48.9 Å². The summed E-state index contributed by atoms with van der Waals surface area (Å²) >= 11 is 1.33. The fourth-order valence-electron chi connectivity index (χ4n) is 2.20. The number of benzene rings is 1. The van der Waals surface area contributed by atoms with E-state index in [0.717, 1.165) is 22.9 Å². The Bertz CT molecular complexity index is 749. The second-order valence-corrected chi connectivity index (χ2v) is 6.90. The third-order valence-electron chi connectivity index (χ3n) is 3.70. The van der Waals surface area contributed by atoms with E-state index in [1.54, 1.807) is 6.07 Å². The van der Waals surface area contributed by atoms with E-state index in [0.29, 0.717) is 4.88 Å². The van der Waals surface area contributed by atoms with E-state index in [4.69, 9.17) is 4.74 Å². The molecule has 1 aliphatic carbocycles. The van der Waals surface area contributed by atoms with Crippen LogP contribution in [0.1, 0.15) is 22.5 Å². The molecule has 2 aromatic rings. The number of amides is 2. The number of fused-ring (bicyclic) bond motifs is 1. The normalized spacial score (nSPS) is 13.5. The van der Waals surface area contributed by atoms with Gasteiger partial charge in [-0.05, 0) is 30.4 Å². The average molecular weight is 346 g/mol. The fourth-order valence-corrected chi connectivity index (χ4v) is 3.15. The number of carbonyl (C=O) groups is 3. The van der Waals surface area contributed by atoms with Crippen LogP contribution in [0.5, 0.6) is 0 Å². The number of nitrogens with zero attached hydrogens (tertiary/aromatic N) is 1. The number of thiophene rings is 1. The number of nitrogens with one attached hydrogen (secondary N) is 1. The molecular formula is C17H18N2O4S. The van der Waals surface area contributed by atoms with Crippen LogP contribution < -0.4 is 5.32 Å². The van der Waals surface area contributed by atoms with Crippen LogP contribution in [0.4, 0.5) is 0 Å². The molecule has 0 atom stereocenters. The third-order valence-corrected chi connectivity index (χ3v) is 4.80. The Hall–Kier alpha value is -2.41. The Labute approximate surface area is 143 Å². The lowest BCUT2D eigenvalue weighted by Gasteiger charge is -2.16. The first-order chi connectivity index (χ1) is 11.5. The van der Waals surface area contributed by atoms with Crippen molar-refractivity contribution in [2.45, 2.75) is 18.9 Å². The van der Waals surface area contributed by atoms with E-state index in [1.165, 1.54) is 23.3 Å². The van der Waals surface area contributed by atoms with Gasteiger partial charge in [0.25, 0.3) is 5.91 Å². The molecule has 24 heavy (non-hydrogen) atoms. The van der Waals surface area contributed by atoms with E-state index in [-0.39, 0.29) is 25.1 Å². The van der Waals surface area contributed by atoms with Gasteiger partial charge in [0.1, 0.15) is 4.88 Å². The largest absolute Gasteiger partial charge is 0.451 e. The van der Waals surface area contributed by atoms with Crippen LogP contribution in [0.15, 0.2) is 30.3 Å². The van der Waals surface area contributed by atoms with Crippen molar-refractivity contribution in [3.05, 3.63) is 35.2 Å². The van der Waals surface area contributed by atoms with Gasteiger partial charge in [0.2, 0.25) is 5.91 Å². The number of hydrogen-bond donors (Lipinski definition) is 1. The number of esters is 1. The molecule has 1 heterocycles. The van der Waals surface area contributed by atoms with Crippen molar-refractivity contribution in [1.82, 2.24) is 10.2 Å². The van der Waals surface area contributed by atoms with Crippen molar-refractivity contribution in [3.63, 3.8) is 0 Å². The zero-order valence-corrected chi connectivity index (χ0v) is 14.1. The van der Waals surface area contributed by atoms with Gasteiger partial charge >= 0.3 is 5.97 Å². The Morgan fingerprint density at radius 3 is 2.75 bits per heavy atom. The zero-order chi connectivity index (χ0) is 17.1. The molecule has 1 aliphatic rings. The minimum Gasteiger partial charge on any atom is -0.451 e. The lowest BCUT2D eigenvalue weighted by Crippen LogP contribution is -2.40. The quantitative estimate of drug-likeness (QED) is 0.809. The Morgan fingerprint density at radius 1 is 1.29 bits per heavy atom. The summed E-state index contributed by atoms with van der Waals surface area (Å²) in [5, 5.41) is 3.77. The molecule has 3 rings (SSSR count). The maximum Gasteiger partial charge on any atom is 0.348 e. The van der Waals surface area contributed by atoms with Gasteiger partial charge in [-0.3, -0.25) is 9.59 Å². The highest BCUT2D eigenvalue weighted by Crippen LogP contribution is 2.25. The van der Waals surface area contributed by atoms with Crippen LogP contribution in [0, 0.1) is 0 Å². The van der Waals surface area contributed by atoms with E-state index < -0.39 is 11.9 Å². The molecule has 0 bridgehead atoms. The zero-order valence-electron chi connectivity index (χ0n) is 13.3. The van der Waals surface area contributed by atoms with E-state index in [2.05, 4.69) is 5.32 Å². The summed E-state index contributed by atoms with van der Waals surface area (Å²) in [4.78, 5) is 37.4. The van der Waals surface area contributed by atoms with Gasteiger partial charge in [-0.1, -0.05) is 18.2 Å². The summed E-state index contributed by atoms with van der Waals surface area (Å²) in [6, 6.07) is 9.65. The van der Waals surface area contributed by atoms with Crippen molar-refractivity contribution in [1.29, 1.82) is 0 Å². The van der Waals surface area contributed by atoms with Crippen molar-refractivity contribution < 1.29 is 19.1 Å². The first kappa shape index (κ1) is 16.4. The molecule has 0 spiro atoms. The third kappa shape index (κ3) is 4.11. The highest BCUT2D eigenvalue weighted by atomic mass is 32.1. The topological polar surface area (TPSA) is 75.7 Å². The predicted octanol–water partition coefficient (Wildman–Crippen LogP) is 1.80. The molecule has 1 aromatic heterocycles. The molecule has 0 aliphatic heterocycles.